The van der Waals surface area contributed by atoms with Crippen molar-refractivity contribution in [1.29, 1.82) is 0 Å². The fourth-order valence-electron chi connectivity index (χ4n) is 3.73. The summed E-state index contributed by atoms with van der Waals surface area (Å²) in [6.45, 7) is 6.86. The molecule has 2 aliphatic rings. The van der Waals surface area contributed by atoms with Crippen LogP contribution in [0.5, 0.6) is 0 Å². The quantitative estimate of drug-likeness (QED) is 0.909. The van der Waals surface area contributed by atoms with E-state index < -0.39 is 0 Å². The lowest BCUT2D eigenvalue weighted by atomic mass is 9.64. The molecule has 0 aromatic carbocycles. The van der Waals surface area contributed by atoms with E-state index in [1.54, 1.807) is 0 Å². The van der Waals surface area contributed by atoms with Gasteiger partial charge in [0, 0.05) is 42.9 Å². The summed E-state index contributed by atoms with van der Waals surface area (Å²) in [7, 11) is 1.82. The van der Waals surface area contributed by atoms with E-state index in [0.29, 0.717) is 18.1 Å². The minimum Gasteiger partial charge on any atom is -0.381 e. The van der Waals surface area contributed by atoms with Crippen molar-refractivity contribution in [1.82, 2.24) is 14.9 Å². The van der Waals surface area contributed by atoms with Crippen LogP contribution >= 0.6 is 0 Å². The zero-order valence-corrected chi connectivity index (χ0v) is 12.2. The monoisotopic (exact) mass is 263 g/mol. The van der Waals surface area contributed by atoms with Crippen LogP contribution in [0.3, 0.4) is 0 Å². The SMILES string of the molecule is COC1CC(n2cncc2C2CCCNC2)C1(C)C. The topological polar surface area (TPSA) is 39.1 Å². The summed E-state index contributed by atoms with van der Waals surface area (Å²) in [6.07, 6.45) is 8.10. The molecule has 1 aromatic rings. The third kappa shape index (κ3) is 2.11. The lowest BCUT2D eigenvalue weighted by Gasteiger charge is -2.52. The smallest absolute Gasteiger partial charge is 0.0951 e. The number of hydrogen-bond donors (Lipinski definition) is 1. The number of ether oxygens (including phenoxy) is 1. The highest BCUT2D eigenvalue weighted by Crippen LogP contribution is 2.51. The number of rotatable bonds is 3. The predicted molar refractivity (Wildman–Crippen MR) is 75.3 cm³/mol. The maximum absolute atomic E-state index is 5.57. The average molecular weight is 263 g/mol. The van der Waals surface area contributed by atoms with E-state index in [0.717, 1.165) is 19.5 Å². The van der Waals surface area contributed by atoms with Crippen molar-refractivity contribution in [2.24, 2.45) is 5.41 Å². The molecule has 3 unspecified atom stereocenters. The van der Waals surface area contributed by atoms with Crippen molar-refractivity contribution in [3.63, 3.8) is 0 Å². The second-order valence-electron chi connectivity index (χ2n) is 6.57. The van der Waals surface area contributed by atoms with Crippen molar-refractivity contribution in [3.8, 4) is 0 Å². The summed E-state index contributed by atoms with van der Waals surface area (Å²) >= 11 is 0. The molecule has 0 spiro atoms. The van der Waals surface area contributed by atoms with Crippen LogP contribution in [0.25, 0.3) is 0 Å². The Hall–Kier alpha value is -0.870. The fraction of sp³-hybridized carbons (Fsp3) is 0.800. The third-order valence-electron chi connectivity index (χ3n) is 5.16. The molecule has 1 aliphatic carbocycles. The predicted octanol–water partition coefficient (Wildman–Crippen LogP) is 2.34. The van der Waals surface area contributed by atoms with Crippen LogP contribution in [0.1, 0.15) is 50.8 Å². The van der Waals surface area contributed by atoms with Crippen LogP contribution in [0.15, 0.2) is 12.5 Å². The molecule has 3 rings (SSSR count). The molecular formula is C15H25N3O. The average Bonchev–Trinajstić information content (AvgIpc) is 2.88. The molecule has 106 valence electrons. The molecule has 1 saturated heterocycles. The van der Waals surface area contributed by atoms with E-state index in [1.165, 1.54) is 18.5 Å². The van der Waals surface area contributed by atoms with Crippen molar-refractivity contribution >= 4 is 0 Å². The van der Waals surface area contributed by atoms with Gasteiger partial charge in [0.1, 0.15) is 0 Å². The normalized spacial score (nSPS) is 33.9. The van der Waals surface area contributed by atoms with Crippen LogP contribution in [-0.2, 0) is 4.74 Å². The zero-order valence-electron chi connectivity index (χ0n) is 12.2. The molecule has 4 heteroatoms. The molecule has 19 heavy (non-hydrogen) atoms. The molecule has 1 aromatic heterocycles. The molecule has 0 radical (unpaired) electrons. The summed E-state index contributed by atoms with van der Waals surface area (Å²) in [6, 6.07) is 0.525. The molecule has 1 N–H and O–H groups in total. The van der Waals surface area contributed by atoms with E-state index >= 15 is 0 Å². The van der Waals surface area contributed by atoms with Gasteiger partial charge in [-0.15, -0.1) is 0 Å². The molecule has 4 nitrogen and oxygen atoms in total. The highest BCUT2D eigenvalue weighted by Gasteiger charge is 2.50. The molecular weight excluding hydrogens is 238 g/mol. The summed E-state index contributed by atoms with van der Waals surface area (Å²) < 4.78 is 7.98. The van der Waals surface area contributed by atoms with Gasteiger partial charge in [-0.3, -0.25) is 0 Å². The summed E-state index contributed by atoms with van der Waals surface area (Å²) in [5.74, 6) is 0.619. The Kier molecular flexibility index (Phi) is 3.39. The maximum atomic E-state index is 5.57. The van der Waals surface area contributed by atoms with E-state index in [-0.39, 0.29) is 5.41 Å². The van der Waals surface area contributed by atoms with E-state index in [2.05, 4.69) is 34.9 Å². The van der Waals surface area contributed by atoms with Crippen LogP contribution in [0.2, 0.25) is 0 Å². The van der Waals surface area contributed by atoms with Crippen LogP contribution in [-0.4, -0.2) is 35.9 Å². The van der Waals surface area contributed by atoms with Gasteiger partial charge in [0.15, 0.2) is 0 Å². The minimum atomic E-state index is 0.201. The minimum absolute atomic E-state index is 0.201. The van der Waals surface area contributed by atoms with Crippen LogP contribution < -0.4 is 5.32 Å². The first-order valence-corrected chi connectivity index (χ1v) is 7.40. The molecule has 3 atom stereocenters. The van der Waals surface area contributed by atoms with Gasteiger partial charge in [-0.1, -0.05) is 13.8 Å². The van der Waals surface area contributed by atoms with Crippen molar-refractivity contribution < 1.29 is 4.74 Å². The number of methoxy groups -OCH3 is 1. The lowest BCUT2D eigenvalue weighted by Crippen LogP contribution is -2.51. The number of piperidine rings is 1. The number of imidazole rings is 1. The molecule has 0 amide bonds. The Balaban J connectivity index is 1.81. The van der Waals surface area contributed by atoms with E-state index in [1.807, 2.05) is 13.4 Å². The Morgan fingerprint density at radius 3 is 2.95 bits per heavy atom. The van der Waals surface area contributed by atoms with Crippen LogP contribution in [0.4, 0.5) is 0 Å². The number of nitrogens with one attached hydrogen (secondary N) is 1. The molecule has 1 aliphatic heterocycles. The third-order valence-corrected chi connectivity index (χ3v) is 5.16. The number of hydrogen-bond acceptors (Lipinski definition) is 3. The van der Waals surface area contributed by atoms with Gasteiger partial charge >= 0.3 is 0 Å². The summed E-state index contributed by atoms with van der Waals surface area (Å²) in [5, 5.41) is 3.50. The van der Waals surface area contributed by atoms with Crippen molar-refractivity contribution in [2.75, 3.05) is 20.2 Å². The van der Waals surface area contributed by atoms with Gasteiger partial charge in [0.2, 0.25) is 0 Å². The summed E-state index contributed by atoms with van der Waals surface area (Å²) in [4.78, 5) is 4.41. The first kappa shape index (κ1) is 13.1. The maximum Gasteiger partial charge on any atom is 0.0951 e. The number of aromatic nitrogens is 2. The van der Waals surface area contributed by atoms with Crippen molar-refractivity contribution in [2.45, 2.75) is 51.2 Å². The first-order valence-electron chi connectivity index (χ1n) is 7.40. The molecule has 1 saturated carbocycles. The second-order valence-corrected chi connectivity index (χ2v) is 6.57. The van der Waals surface area contributed by atoms with Gasteiger partial charge < -0.3 is 14.6 Å². The first-order chi connectivity index (χ1) is 9.14. The fourth-order valence-corrected chi connectivity index (χ4v) is 3.73. The Morgan fingerprint density at radius 1 is 1.47 bits per heavy atom. The molecule has 2 fully saturated rings. The Morgan fingerprint density at radius 2 is 2.32 bits per heavy atom. The highest BCUT2D eigenvalue weighted by atomic mass is 16.5. The summed E-state index contributed by atoms with van der Waals surface area (Å²) in [5.41, 5.74) is 1.60. The van der Waals surface area contributed by atoms with Crippen molar-refractivity contribution in [3.05, 3.63) is 18.2 Å². The lowest BCUT2D eigenvalue weighted by molar-refractivity contribution is -0.113. The van der Waals surface area contributed by atoms with Gasteiger partial charge in [0.25, 0.3) is 0 Å². The van der Waals surface area contributed by atoms with Crippen LogP contribution in [0, 0.1) is 5.41 Å². The second kappa shape index (κ2) is 4.91. The van der Waals surface area contributed by atoms with Gasteiger partial charge in [0.05, 0.1) is 12.4 Å². The van der Waals surface area contributed by atoms with Gasteiger partial charge in [-0.2, -0.15) is 0 Å². The van der Waals surface area contributed by atoms with E-state index in [9.17, 15) is 0 Å². The number of nitrogens with zero attached hydrogens (tertiary/aromatic N) is 2. The molecule has 0 bridgehead atoms. The highest BCUT2D eigenvalue weighted by molar-refractivity contribution is 5.14. The Bertz CT molecular complexity index is 434. The molecule has 2 heterocycles. The van der Waals surface area contributed by atoms with Gasteiger partial charge in [-0.05, 0) is 25.8 Å². The van der Waals surface area contributed by atoms with Gasteiger partial charge in [-0.25, -0.2) is 4.98 Å². The Labute approximate surface area is 115 Å². The largest absolute Gasteiger partial charge is 0.381 e. The standard InChI is InChI=1S/C15H25N3O/c1-15(2)13(7-14(15)19-3)18-10-17-9-12(18)11-5-4-6-16-8-11/h9-11,13-14,16H,4-8H2,1-3H3. The van der Waals surface area contributed by atoms with E-state index in [4.69, 9.17) is 4.74 Å². The zero-order chi connectivity index (χ0) is 13.5.